The number of methoxy groups -OCH3 is 2. The lowest BCUT2D eigenvalue weighted by molar-refractivity contribution is -0.115. The van der Waals surface area contributed by atoms with Crippen LogP contribution in [0.1, 0.15) is 10.4 Å². The first-order chi connectivity index (χ1) is 11.1. The van der Waals surface area contributed by atoms with Crippen molar-refractivity contribution in [2.75, 3.05) is 26.1 Å². The number of rotatable bonds is 6. The molecule has 0 saturated carbocycles. The van der Waals surface area contributed by atoms with Crippen LogP contribution in [-0.4, -0.2) is 37.6 Å². The monoisotopic (exact) mass is 315 g/mol. The van der Waals surface area contributed by atoms with Gasteiger partial charge in [0.25, 0.3) is 5.91 Å². The first-order valence-electron chi connectivity index (χ1n) is 6.84. The van der Waals surface area contributed by atoms with Gasteiger partial charge in [0.2, 0.25) is 5.91 Å². The normalized spacial score (nSPS) is 9.83. The second kappa shape index (κ2) is 7.79. The van der Waals surface area contributed by atoms with Crippen LogP contribution in [0, 0.1) is 0 Å². The van der Waals surface area contributed by atoms with Gasteiger partial charge >= 0.3 is 0 Å². The molecule has 120 valence electrons. The Morgan fingerprint density at radius 1 is 1.17 bits per heavy atom. The van der Waals surface area contributed by atoms with Crippen molar-refractivity contribution in [1.29, 1.82) is 0 Å². The quantitative estimate of drug-likeness (QED) is 0.842. The van der Waals surface area contributed by atoms with Crippen LogP contribution in [0.4, 0.5) is 5.69 Å². The van der Waals surface area contributed by atoms with Crippen LogP contribution in [0.15, 0.2) is 42.7 Å². The molecule has 1 aromatic heterocycles. The summed E-state index contributed by atoms with van der Waals surface area (Å²) in [6.45, 7) is -0.173. The molecule has 0 fully saturated rings. The molecule has 1 aromatic carbocycles. The van der Waals surface area contributed by atoms with Crippen molar-refractivity contribution in [2.45, 2.75) is 0 Å². The van der Waals surface area contributed by atoms with Crippen LogP contribution in [0.5, 0.6) is 11.5 Å². The summed E-state index contributed by atoms with van der Waals surface area (Å²) < 4.78 is 10.3. The Morgan fingerprint density at radius 3 is 2.65 bits per heavy atom. The highest BCUT2D eigenvalue weighted by Crippen LogP contribution is 2.28. The standard InChI is InChI=1S/C16H17N3O4/c1-22-12-5-6-14(23-2)13(8-12)19-15(20)10-18-16(21)11-4-3-7-17-9-11/h3-9H,10H2,1-2H3,(H,18,21)(H,19,20). The number of carbonyl (C=O) groups is 2. The molecule has 0 spiro atoms. The Labute approximate surface area is 133 Å². The van der Waals surface area contributed by atoms with E-state index in [4.69, 9.17) is 9.47 Å². The average molecular weight is 315 g/mol. The molecule has 1 heterocycles. The fraction of sp³-hybridized carbons (Fsp3) is 0.188. The molecule has 0 atom stereocenters. The fourth-order valence-electron chi connectivity index (χ4n) is 1.87. The molecule has 2 rings (SSSR count). The van der Waals surface area contributed by atoms with E-state index in [2.05, 4.69) is 15.6 Å². The number of carbonyl (C=O) groups excluding carboxylic acids is 2. The minimum atomic E-state index is -0.381. The highest BCUT2D eigenvalue weighted by molar-refractivity contribution is 5.99. The van der Waals surface area contributed by atoms with Crippen molar-refractivity contribution >= 4 is 17.5 Å². The number of amides is 2. The molecule has 0 radical (unpaired) electrons. The Hall–Kier alpha value is -3.09. The molecule has 0 aliphatic heterocycles. The Balaban J connectivity index is 1.96. The molecule has 0 bridgehead atoms. The second-order valence-electron chi connectivity index (χ2n) is 4.54. The molecular weight excluding hydrogens is 298 g/mol. The molecule has 0 aliphatic rings. The maximum Gasteiger partial charge on any atom is 0.253 e. The lowest BCUT2D eigenvalue weighted by Gasteiger charge is -2.12. The van der Waals surface area contributed by atoms with Gasteiger partial charge in [-0.05, 0) is 24.3 Å². The van der Waals surface area contributed by atoms with E-state index in [9.17, 15) is 9.59 Å². The largest absolute Gasteiger partial charge is 0.497 e. The molecule has 0 saturated heterocycles. The number of ether oxygens (including phenoxy) is 2. The van der Waals surface area contributed by atoms with E-state index >= 15 is 0 Å². The maximum absolute atomic E-state index is 12.0. The van der Waals surface area contributed by atoms with Crippen LogP contribution in [0.3, 0.4) is 0 Å². The van der Waals surface area contributed by atoms with Gasteiger partial charge in [-0.3, -0.25) is 14.6 Å². The fourth-order valence-corrected chi connectivity index (χ4v) is 1.87. The zero-order chi connectivity index (χ0) is 16.7. The minimum Gasteiger partial charge on any atom is -0.497 e. The summed E-state index contributed by atoms with van der Waals surface area (Å²) in [6.07, 6.45) is 3.00. The first kappa shape index (κ1) is 16.3. The maximum atomic E-state index is 12.0. The smallest absolute Gasteiger partial charge is 0.253 e. The zero-order valence-corrected chi connectivity index (χ0v) is 12.8. The number of aromatic nitrogens is 1. The second-order valence-corrected chi connectivity index (χ2v) is 4.54. The van der Waals surface area contributed by atoms with Crippen molar-refractivity contribution in [3.63, 3.8) is 0 Å². The third kappa shape index (κ3) is 4.44. The number of anilines is 1. The highest BCUT2D eigenvalue weighted by atomic mass is 16.5. The van der Waals surface area contributed by atoms with Crippen LogP contribution >= 0.6 is 0 Å². The molecule has 23 heavy (non-hydrogen) atoms. The number of benzene rings is 1. The summed E-state index contributed by atoms with van der Waals surface area (Å²) in [5.74, 6) is 0.331. The van der Waals surface area contributed by atoms with E-state index in [0.717, 1.165) is 0 Å². The predicted molar refractivity (Wildman–Crippen MR) is 84.7 cm³/mol. The summed E-state index contributed by atoms with van der Waals surface area (Å²) in [7, 11) is 3.03. The SMILES string of the molecule is COc1ccc(OC)c(NC(=O)CNC(=O)c2cccnc2)c1. The minimum absolute atomic E-state index is 0.173. The lowest BCUT2D eigenvalue weighted by Crippen LogP contribution is -2.32. The summed E-state index contributed by atoms with van der Waals surface area (Å²) in [5, 5.41) is 5.19. The van der Waals surface area contributed by atoms with Gasteiger partial charge in [0.05, 0.1) is 32.0 Å². The average Bonchev–Trinajstić information content (AvgIpc) is 2.60. The Kier molecular flexibility index (Phi) is 5.51. The van der Waals surface area contributed by atoms with E-state index in [1.165, 1.54) is 20.4 Å². The third-order valence-corrected chi connectivity index (χ3v) is 3.01. The summed E-state index contributed by atoms with van der Waals surface area (Å²) in [4.78, 5) is 27.7. The summed E-state index contributed by atoms with van der Waals surface area (Å²) in [5.41, 5.74) is 0.853. The topological polar surface area (TPSA) is 89.5 Å². The van der Waals surface area contributed by atoms with Crippen molar-refractivity contribution in [3.05, 3.63) is 48.3 Å². The molecular formula is C16H17N3O4. The van der Waals surface area contributed by atoms with Gasteiger partial charge in [-0.2, -0.15) is 0 Å². The van der Waals surface area contributed by atoms with Gasteiger partial charge in [0, 0.05) is 18.5 Å². The van der Waals surface area contributed by atoms with E-state index in [-0.39, 0.29) is 18.4 Å². The van der Waals surface area contributed by atoms with Crippen LogP contribution in [0.2, 0.25) is 0 Å². The van der Waals surface area contributed by atoms with Crippen molar-refractivity contribution in [2.24, 2.45) is 0 Å². The van der Waals surface area contributed by atoms with Gasteiger partial charge in [-0.25, -0.2) is 0 Å². The predicted octanol–water partition coefficient (Wildman–Crippen LogP) is 1.47. The van der Waals surface area contributed by atoms with Gasteiger partial charge < -0.3 is 20.1 Å². The van der Waals surface area contributed by atoms with Gasteiger partial charge in [-0.15, -0.1) is 0 Å². The van der Waals surface area contributed by atoms with E-state index < -0.39 is 0 Å². The van der Waals surface area contributed by atoms with Crippen LogP contribution in [0.25, 0.3) is 0 Å². The number of hydrogen-bond acceptors (Lipinski definition) is 5. The number of pyridine rings is 1. The van der Waals surface area contributed by atoms with Crippen molar-refractivity contribution in [1.82, 2.24) is 10.3 Å². The van der Waals surface area contributed by atoms with Crippen molar-refractivity contribution < 1.29 is 19.1 Å². The molecule has 0 aliphatic carbocycles. The third-order valence-electron chi connectivity index (χ3n) is 3.01. The highest BCUT2D eigenvalue weighted by Gasteiger charge is 2.11. The van der Waals surface area contributed by atoms with E-state index in [0.29, 0.717) is 22.7 Å². The van der Waals surface area contributed by atoms with Gasteiger partial charge in [0.1, 0.15) is 11.5 Å². The first-order valence-corrected chi connectivity index (χ1v) is 6.84. The van der Waals surface area contributed by atoms with E-state index in [1.54, 1.807) is 36.5 Å². The molecule has 7 nitrogen and oxygen atoms in total. The lowest BCUT2D eigenvalue weighted by atomic mass is 10.2. The van der Waals surface area contributed by atoms with Crippen molar-refractivity contribution in [3.8, 4) is 11.5 Å². The summed E-state index contributed by atoms with van der Waals surface area (Å²) >= 11 is 0. The summed E-state index contributed by atoms with van der Waals surface area (Å²) in [6, 6.07) is 8.31. The Bertz CT molecular complexity index is 689. The van der Waals surface area contributed by atoms with Crippen LogP contribution < -0.4 is 20.1 Å². The molecule has 2 amide bonds. The zero-order valence-electron chi connectivity index (χ0n) is 12.8. The van der Waals surface area contributed by atoms with Crippen LogP contribution in [-0.2, 0) is 4.79 Å². The van der Waals surface area contributed by atoms with E-state index in [1.807, 2.05) is 0 Å². The molecule has 2 aromatic rings. The number of nitrogens with zero attached hydrogens (tertiary/aromatic N) is 1. The number of hydrogen-bond donors (Lipinski definition) is 2. The molecule has 2 N–H and O–H groups in total. The molecule has 0 unspecified atom stereocenters. The van der Waals surface area contributed by atoms with Gasteiger partial charge in [-0.1, -0.05) is 0 Å². The molecule has 7 heteroatoms. The Morgan fingerprint density at radius 2 is 2.00 bits per heavy atom. The van der Waals surface area contributed by atoms with Gasteiger partial charge in [0.15, 0.2) is 0 Å². The number of nitrogens with one attached hydrogen (secondary N) is 2.